The molecule has 0 radical (unpaired) electrons. The minimum atomic E-state index is 0.0645. The number of hydrogen-bond acceptors (Lipinski definition) is 5. The molecule has 0 aliphatic heterocycles. The van der Waals surface area contributed by atoms with Gasteiger partial charge in [-0.25, -0.2) is 0 Å². The van der Waals surface area contributed by atoms with Crippen molar-refractivity contribution >= 4 is 11.6 Å². The SMILES string of the molecule is CC(C)Oc1ccc(-c2noc(Cc3cccnc3)n2)cc1Cl. The lowest BCUT2D eigenvalue weighted by atomic mass is 10.2. The first-order valence-corrected chi connectivity index (χ1v) is 7.67. The van der Waals surface area contributed by atoms with Crippen molar-refractivity contribution in [3.63, 3.8) is 0 Å². The monoisotopic (exact) mass is 329 g/mol. The zero-order valence-electron chi connectivity index (χ0n) is 12.9. The van der Waals surface area contributed by atoms with Crippen LogP contribution in [-0.2, 0) is 6.42 Å². The molecule has 0 unspecified atom stereocenters. The third-order valence-electron chi connectivity index (χ3n) is 3.10. The molecule has 5 nitrogen and oxygen atoms in total. The van der Waals surface area contributed by atoms with Gasteiger partial charge in [0.15, 0.2) is 0 Å². The zero-order chi connectivity index (χ0) is 16.2. The fraction of sp³-hybridized carbons (Fsp3) is 0.235. The molecule has 0 fully saturated rings. The lowest BCUT2D eigenvalue weighted by molar-refractivity contribution is 0.242. The first kappa shape index (κ1) is 15.5. The van der Waals surface area contributed by atoms with Gasteiger partial charge in [-0.1, -0.05) is 22.8 Å². The quantitative estimate of drug-likeness (QED) is 0.703. The van der Waals surface area contributed by atoms with Gasteiger partial charge in [0.2, 0.25) is 11.7 Å². The fourth-order valence-corrected chi connectivity index (χ4v) is 2.34. The van der Waals surface area contributed by atoms with Crippen LogP contribution < -0.4 is 4.74 Å². The standard InChI is InChI=1S/C17H16ClN3O2/c1-11(2)22-15-6-5-13(9-14(15)18)17-20-16(23-21-17)8-12-4-3-7-19-10-12/h3-7,9-11H,8H2,1-2H3. The highest BCUT2D eigenvalue weighted by molar-refractivity contribution is 6.32. The van der Waals surface area contributed by atoms with E-state index < -0.39 is 0 Å². The molecular formula is C17H16ClN3O2. The Balaban J connectivity index is 1.79. The maximum Gasteiger partial charge on any atom is 0.231 e. The Bertz CT molecular complexity index is 788. The summed E-state index contributed by atoms with van der Waals surface area (Å²) in [6, 6.07) is 9.29. The average molecular weight is 330 g/mol. The van der Waals surface area contributed by atoms with Crippen LogP contribution in [0.2, 0.25) is 5.02 Å². The van der Waals surface area contributed by atoms with Gasteiger partial charge in [-0.05, 0) is 43.7 Å². The van der Waals surface area contributed by atoms with Crippen LogP contribution in [0.3, 0.4) is 0 Å². The Labute approximate surface area is 139 Å². The van der Waals surface area contributed by atoms with Gasteiger partial charge >= 0.3 is 0 Å². The van der Waals surface area contributed by atoms with Crippen molar-refractivity contribution in [1.82, 2.24) is 15.1 Å². The summed E-state index contributed by atoms with van der Waals surface area (Å²) in [7, 11) is 0. The third kappa shape index (κ3) is 3.87. The summed E-state index contributed by atoms with van der Waals surface area (Å²) in [4.78, 5) is 8.47. The Morgan fingerprint density at radius 1 is 1.26 bits per heavy atom. The van der Waals surface area contributed by atoms with E-state index in [4.69, 9.17) is 20.9 Å². The molecule has 0 amide bonds. The first-order valence-electron chi connectivity index (χ1n) is 7.30. The van der Waals surface area contributed by atoms with Crippen LogP contribution in [0.1, 0.15) is 25.3 Å². The van der Waals surface area contributed by atoms with E-state index >= 15 is 0 Å². The van der Waals surface area contributed by atoms with Gasteiger partial charge < -0.3 is 9.26 Å². The molecule has 0 saturated carbocycles. The summed E-state index contributed by atoms with van der Waals surface area (Å²) in [5, 5.41) is 4.53. The van der Waals surface area contributed by atoms with Crippen molar-refractivity contribution in [1.29, 1.82) is 0 Å². The summed E-state index contributed by atoms with van der Waals surface area (Å²) in [5.74, 6) is 1.68. The molecule has 23 heavy (non-hydrogen) atoms. The molecule has 2 heterocycles. The van der Waals surface area contributed by atoms with E-state index in [2.05, 4.69) is 15.1 Å². The van der Waals surface area contributed by atoms with Crippen LogP contribution in [0.5, 0.6) is 5.75 Å². The molecule has 0 aliphatic carbocycles. The summed E-state index contributed by atoms with van der Waals surface area (Å²) in [5.41, 5.74) is 1.80. The summed E-state index contributed by atoms with van der Waals surface area (Å²) in [6.07, 6.45) is 4.11. The molecule has 3 aromatic rings. The molecule has 0 saturated heterocycles. The number of benzene rings is 1. The summed E-state index contributed by atoms with van der Waals surface area (Å²) < 4.78 is 10.9. The highest BCUT2D eigenvalue weighted by atomic mass is 35.5. The Morgan fingerprint density at radius 2 is 2.13 bits per heavy atom. The predicted octanol–water partition coefficient (Wildman–Crippen LogP) is 4.16. The van der Waals surface area contributed by atoms with Crippen LogP contribution in [0.4, 0.5) is 0 Å². The highest BCUT2D eigenvalue weighted by Gasteiger charge is 2.12. The molecule has 0 N–H and O–H groups in total. The second kappa shape index (κ2) is 6.79. The smallest absolute Gasteiger partial charge is 0.231 e. The van der Waals surface area contributed by atoms with E-state index in [0.29, 0.717) is 28.9 Å². The van der Waals surface area contributed by atoms with Crippen LogP contribution >= 0.6 is 11.6 Å². The van der Waals surface area contributed by atoms with E-state index in [-0.39, 0.29) is 6.10 Å². The van der Waals surface area contributed by atoms with Crippen molar-refractivity contribution in [3.05, 3.63) is 59.2 Å². The molecular weight excluding hydrogens is 314 g/mol. The molecule has 1 aromatic carbocycles. The largest absolute Gasteiger partial charge is 0.489 e. The number of nitrogens with zero attached hydrogens (tertiary/aromatic N) is 3. The normalized spacial score (nSPS) is 11.0. The number of rotatable bonds is 5. The maximum absolute atomic E-state index is 6.24. The molecule has 118 valence electrons. The number of ether oxygens (including phenoxy) is 1. The number of halogens is 1. The molecule has 6 heteroatoms. The second-order valence-corrected chi connectivity index (χ2v) is 5.77. The first-order chi connectivity index (χ1) is 11.1. The van der Waals surface area contributed by atoms with E-state index in [1.807, 2.05) is 38.1 Å². The van der Waals surface area contributed by atoms with Gasteiger partial charge in [0, 0.05) is 18.0 Å². The molecule has 2 aromatic heterocycles. The molecule has 0 bridgehead atoms. The van der Waals surface area contributed by atoms with Crippen LogP contribution in [0, 0.1) is 0 Å². The predicted molar refractivity (Wildman–Crippen MR) is 87.6 cm³/mol. The summed E-state index contributed by atoms with van der Waals surface area (Å²) in [6.45, 7) is 3.91. The number of pyridine rings is 1. The molecule has 0 aliphatic rings. The maximum atomic E-state index is 6.24. The second-order valence-electron chi connectivity index (χ2n) is 5.36. The zero-order valence-corrected chi connectivity index (χ0v) is 13.6. The van der Waals surface area contributed by atoms with Crippen LogP contribution in [-0.4, -0.2) is 21.2 Å². The van der Waals surface area contributed by atoms with Crippen molar-refractivity contribution in [3.8, 4) is 17.1 Å². The third-order valence-corrected chi connectivity index (χ3v) is 3.39. The van der Waals surface area contributed by atoms with E-state index in [9.17, 15) is 0 Å². The molecule has 0 spiro atoms. The molecule has 0 atom stereocenters. The summed E-state index contributed by atoms with van der Waals surface area (Å²) >= 11 is 6.24. The highest BCUT2D eigenvalue weighted by Crippen LogP contribution is 2.30. The number of aromatic nitrogens is 3. The van der Waals surface area contributed by atoms with Crippen LogP contribution in [0.25, 0.3) is 11.4 Å². The van der Waals surface area contributed by atoms with Crippen LogP contribution in [0.15, 0.2) is 47.2 Å². The van der Waals surface area contributed by atoms with Crippen molar-refractivity contribution in [2.75, 3.05) is 0 Å². The lowest BCUT2D eigenvalue weighted by Crippen LogP contribution is -2.05. The Morgan fingerprint density at radius 3 is 2.83 bits per heavy atom. The van der Waals surface area contributed by atoms with Crippen molar-refractivity contribution < 1.29 is 9.26 Å². The molecule has 3 rings (SSSR count). The Kier molecular flexibility index (Phi) is 4.57. The number of hydrogen-bond donors (Lipinski definition) is 0. The lowest BCUT2D eigenvalue weighted by Gasteiger charge is -2.11. The van der Waals surface area contributed by atoms with Gasteiger partial charge in [-0.15, -0.1) is 0 Å². The fourth-order valence-electron chi connectivity index (χ4n) is 2.11. The minimum absolute atomic E-state index is 0.0645. The van der Waals surface area contributed by atoms with Crippen molar-refractivity contribution in [2.45, 2.75) is 26.4 Å². The van der Waals surface area contributed by atoms with Gasteiger partial charge in [0.05, 0.1) is 17.5 Å². The topological polar surface area (TPSA) is 61.0 Å². The average Bonchev–Trinajstić information content (AvgIpc) is 2.98. The van der Waals surface area contributed by atoms with E-state index in [1.54, 1.807) is 18.5 Å². The van der Waals surface area contributed by atoms with Crippen molar-refractivity contribution in [2.24, 2.45) is 0 Å². The minimum Gasteiger partial charge on any atom is -0.489 e. The van der Waals surface area contributed by atoms with Gasteiger partial charge in [0.1, 0.15) is 5.75 Å². The van der Waals surface area contributed by atoms with Gasteiger partial charge in [0.25, 0.3) is 0 Å². The Hall–Kier alpha value is -2.40. The van der Waals surface area contributed by atoms with E-state index in [1.165, 1.54) is 0 Å². The van der Waals surface area contributed by atoms with E-state index in [0.717, 1.165) is 11.1 Å². The van der Waals surface area contributed by atoms with Gasteiger partial charge in [-0.2, -0.15) is 4.98 Å². The van der Waals surface area contributed by atoms with Gasteiger partial charge in [-0.3, -0.25) is 4.98 Å².